The predicted octanol–water partition coefficient (Wildman–Crippen LogP) is 9.00. The zero-order valence-electron chi connectivity index (χ0n) is 18.4. The van der Waals surface area contributed by atoms with Gasteiger partial charge in [0.2, 0.25) is 0 Å². The quantitative estimate of drug-likeness (QED) is 0.172. The van der Waals surface area contributed by atoms with Crippen LogP contribution in [0.3, 0.4) is 0 Å². The summed E-state index contributed by atoms with van der Waals surface area (Å²) in [6.45, 7) is 6.57. The summed E-state index contributed by atoms with van der Waals surface area (Å²) in [5.41, 5.74) is 0. The minimum absolute atomic E-state index is 0. The van der Waals surface area contributed by atoms with E-state index in [0.29, 0.717) is 0 Å². The van der Waals surface area contributed by atoms with Gasteiger partial charge in [-0.25, -0.2) is 0 Å². The number of ether oxygens (including phenoxy) is 1. The Bertz CT molecular complexity index is 198. The SMILES string of the molecule is CCCCCCCCCCCCOCCCCCCCCCCCC.F. The fraction of sp³-hybridized carbons (Fsp3) is 1.00. The van der Waals surface area contributed by atoms with Gasteiger partial charge in [-0.1, -0.05) is 129 Å². The first-order chi connectivity index (χ1) is 12.4. The third-order valence-corrected chi connectivity index (χ3v) is 5.28. The highest BCUT2D eigenvalue weighted by Gasteiger charge is 1.95. The van der Waals surface area contributed by atoms with E-state index < -0.39 is 0 Å². The van der Waals surface area contributed by atoms with Crippen molar-refractivity contribution in [2.75, 3.05) is 13.2 Å². The highest BCUT2D eigenvalue weighted by molar-refractivity contribution is 4.49. The molecular formula is C24H51FO. The van der Waals surface area contributed by atoms with Crippen molar-refractivity contribution in [2.24, 2.45) is 0 Å². The summed E-state index contributed by atoms with van der Waals surface area (Å²) in [6, 6.07) is 0. The molecule has 0 aliphatic heterocycles. The van der Waals surface area contributed by atoms with E-state index in [-0.39, 0.29) is 4.70 Å². The maximum atomic E-state index is 5.78. The lowest BCUT2D eigenvalue weighted by Gasteiger charge is -2.05. The molecule has 0 N–H and O–H groups in total. The van der Waals surface area contributed by atoms with Crippen LogP contribution in [0, 0.1) is 0 Å². The van der Waals surface area contributed by atoms with E-state index in [1.165, 1.54) is 128 Å². The van der Waals surface area contributed by atoms with Gasteiger partial charge in [0, 0.05) is 13.2 Å². The van der Waals surface area contributed by atoms with Gasteiger partial charge in [0.1, 0.15) is 0 Å². The lowest BCUT2D eigenvalue weighted by Crippen LogP contribution is -1.97. The molecule has 0 rings (SSSR count). The molecule has 0 unspecified atom stereocenters. The van der Waals surface area contributed by atoms with Crippen LogP contribution in [0.5, 0.6) is 0 Å². The van der Waals surface area contributed by atoms with E-state index in [1.54, 1.807) is 0 Å². The Labute approximate surface area is 165 Å². The summed E-state index contributed by atoms with van der Waals surface area (Å²) in [4.78, 5) is 0. The van der Waals surface area contributed by atoms with Crippen LogP contribution in [0.1, 0.15) is 142 Å². The molecule has 26 heavy (non-hydrogen) atoms. The molecule has 160 valence electrons. The second-order valence-corrected chi connectivity index (χ2v) is 7.98. The fourth-order valence-corrected chi connectivity index (χ4v) is 3.49. The predicted molar refractivity (Wildman–Crippen MR) is 117 cm³/mol. The first-order valence-electron chi connectivity index (χ1n) is 12.0. The standard InChI is InChI=1S/C24H50O.FH/c1-3-5-7-9-11-13-15-17-19-21-23-25-24-22-20-18-16-14-12-10-8-6-4-2;/h3-24H2,1-2H3;1H. The van der Waals surface area contributed by atoms with Crippen molar-refractivity contribution in [3.8, 4) is 0 Å². The van der Waals surface area contributed by atoms with Crippen molar-refractivity contribution in [1.29, 1.82) is 0 Å². The molecule has 0 bridgehead atoms. The smallest absolute Gasteiger partial charge is 0.0466 e. The molecule has 0 saturated heterocycles. The lowest BCUT2D eigenvalue weighted by atomic mass is 10.1. The van der Waals surface area contributed by atoms with Gasteiger partial charge < -0.3 is 4.74 Å². The molecule has 0 aromatic rings. The first-order valence-corrected chi connectivity index (χ1v) is 12.0. The molecule has 0 amide bonds. The van der Waals surface area contributed by atoms with E-state index in [1.807, 2.05) is 0 Å². The summed E-state index contributed by atoms with van der Waals surface area (Å²) in [5.74, 6) is 0. The third-order valence-electron chi connectivity index (χ3n) is 5.28. The maximum Gasteiger partial charge on any atom is 0.0466 e. The third kappa shape index (κ3) is 26.1. The van der Waals surface area contributed by atoms with Gasteiger partial charge in [0.05, 0.1) is 0 Å². The summed E-state index contributed by atoms with van der Waals surface area (Å²) in [7, 11) is 0. The van der Waals surface area contributed by atoms with E-state index in [4.69, 9.17) is 4.74 Å². The summed E-state index contributed by atoms with van der Waals surface area (Å²) in [6.07, 6.45) is 28.2. The Morgan fingerprint density at radius 3 is 0.846 bits per heavy atom. The second kappa shape index (κ2) is 27.1. The van der Waals surface area contributed by atoms with Gasteiger partial charge in [-0.15, -0.1) is 0 Å². The van der Waals surface area contributed by atoms with Gasteiger partial charge in [-0.05, 0) is 12.8 Å². The molecule has 0 spiro atoms. The summed E-state index contributed by atoms with van der Waals surface area (Å²) in [5, 5.41) is 0. The van der Waals surface area contributed by atoms with Crippen molar-refractivity contribution in [1.82, 2.24) is 0 Å². The zero-order valence-corrected chi connectivity index (χ0v) is 18.4. The molecule has 2 heteroatoms. The van der Waals surface area contributed by atoms with E-state index >= 15 is 0 Å². The minimum atomic E-state index is 0. The number of unbranched alkanes of at least 4 members (excludes halogenated alkanes) is 18. The van der Waals surface area contributed by atoms with Gasteiger partial charge in [-0.2, -0.15) is 0 Å². The highest BCUT2D eigenvalue weighted by Crippen LogP contribution is 2.12. The topological polar surface area (TPSA) is 9.23 Å². The summed E-state index contributed by atoms with van der Waals surface area (Å²) < 4.78 is 5.78. The zero-order chi connectivity index (χ0) is 18.3. The monoisotopic (exact) mass is 374 g/mol. The largest absolute Gasteiger partial charge is 0.381 e. The number of hydrogen-bond acceptors (Lipinski definition) is 1. The van der Waals surface area contributed by atoms with Gasteiger partial charge >= 0.3 is 0 Å². The number of halogens is 1. The van der Waals surface area contributed by atoms with Gasteiger partial charge in [0.15, 0.2) is 0 Å². The fourth-order valence-electron chi connectivity index (χ4n) is 3.49. The van der Waals surface area contributed by atoms with Gasteiger partial charge in [0.25, 0.3) is 0 Å². The van der Waals surface area contributed by atoms with E-state index in [9.17, 15) is 0 Å². The van der Waals surface area contributed by atoms with Crippen LogP contribution in [-0.4, -0.2) is 13.2 Å². The lowest BCUT2D eigenvalue weighted by molar-refractivity contribution is 0.125. The molecule has 0 atom stereocenters. The Hall–Kier alpha value is -0.110. The van der Waals surface area contributed by atoms with Crippen LogP contribution in [0.2, 0.25) is 0 Å². The van der Waals surface area contributed by atoms with Crippen LogP contribution >= 0.6 is 0 Å². The van der Waals surface area contributed by atoms with Crippen molar-refractivity contribution in [3.05, 3.63) is 0 Å². The molecule has 0 heterocycles. The molecule has 0 aromatic heterocycles. The molecule has 1 nitrogen and oxygen atoms in total. The van der Waals surface area contributed by atoms with Crippen molar-refractivity contribution in [3.63, 3.8) is 0 Å². The number of hydrogen-bond donors (Lipinski definition) is 0. The first kappa shape index (κ1) is 28.1. The Kier molecular flexibility index (Phi) is 29.3. The van der Waals surface area contributed by atoms with Crippen molar-refractivity contribution < 1.29 is 9.44 Å². The molecule has 0 aromatic carbocycles. The molecule has 0 aliphatic rings. The van der Waals surface area contributed by atoms with Crippen LogP contribution in [0.25, 0.3) is 0 Å². The van der Waals surface area contributed by atoms with E-state index in [2.05, 4.69) is 13.8 Å². The molecular weight excluding hydrogens is 323 g/mol. The Balaban J connectivity index is 0. The normalized spacial score (nSPS) is 10.8. The molecule has 0 aliphatic carbocycles. The molecule has 0 radical (unpaired) electrons. The van der Waals surface area contributed by atoms with Crippen LogP contribution in [0.4, 0.5) is 4.70 Å². The van der Waals surface area contributed by atoms with Crippen molar-refractivity contribution in [2.45, 2.75) is 142 Å². The maximum absolute atomic E-state index is 5.78. The molecule has 0 fully saturated rings. The van der Waals surface area contributed by atoms with Crippen LogP contribution in [0.15, 0.2) is 0 Å². The average Bonchev–Trinajstić information content (AvgIpc) is 2.63. The van der Waals surface area contributed by atoms with E-state index in [0.717, 1.165) is 13.2 Å². The highest BCUT2D eigenvalue weighted by atomic mass is 19.0. The van der Waals surface area contributed by atoms with Crippen molar-refractivity contribution >= 4 is 0 Å². The second-order valence-electron chi connectivity index (χ2n) is 7.98. The number of rotatable bonds is 22. The van der Waals surface area contributed by atoms with Gasteiger partial charge in [-0.3, -0.25) is 4.70 Å². The Morgan fingerprint density at radius 2 is 0.577 bits per heavy atom. The summed E-state index contributed by atoms with van der Waals surface area (Å²) >= 11 is 0. The van der Waals surface area contributed by atoms with Crippen LogP contribution < -0.4 is 0 Å². The van der Waals surface area contributed by atoms with Crippen LogP contribution in [-0.2, 0) is 4.74 Å². The Morgan fingerprint density at radius 1 is 0.346 bits per heavy atom. The minimum Gasteiger partial charge on any atom is -0.381 e. The average molecular weight is 375 g/mol. The molecule has 0 saturated carbocycles.